The molecule has 0 saturated carbocycles. The summed E-state index contributed by atoms with van der Waals surface area (Å²) in [5.41, 5.74) is -2.11. The number of ketones is 1. The van der Waals surface area contributed by atoms with E-state index < -0.39 is 34.6 Å². The third-order valence-electron chi connectivity index (χ3n) is 2.91. The number of hydroxylamine groups is 1. The van der Waals surface area contributed by atoms with Gasteiger partial charge in [0.2, 0.25) is 17.1 Å². The van der Waals surface area contributed by atoms with Crippen LogP contribution in [0, 0.1) is 0 Å². The first-order chi connectivity index (χ1) is 9.74. The second-order valence-electron chi connectivity index (χ2n) is 4.16. The van der Waals surface area contributed by atoms with Crippen molar-refractivity contribution in [1.29, 1.82) is 0 Å². The van der Waals surface area contributed by atoms with Gasteiger partial charge in [0, 0.05) is 5.02 Å². The molecule has 1 aromatic rings. The van der Waals surface area contributed by atoms with Gasteiger partial charge in [0.25, 0.3) is 0 Å². The van der Waals surface area contributed by atoms with Crippen molar-refractivity contribution in [2.24, 2.45) is 0 Å². The van der Waals surface area contributed by atoms with Gasteiger partial charge in [-0.15, -0.1) is 5.48 Å². The number of hydrogen-bond donors (Lipinski definition) is 1. The highest BCUT2D eigenvalue weighted by atomic mass is 79.9. The number of rotatable bonds is 3. The molecule has 0 aliphatic carbocycles. The number of benzene rings is 1. The van der Waals surface area contributed by atoms with E-state index in [2.05, 4.69) is 20.8 Å². The third kappa shape index (κ3) is 2.56. The van der Waals surface area contributed by atoms with Crippen LogP contribution in [0.2, 0.25) is 5.02 Å². The summed E-state index contributed by atoms with van der Waals surface area (Å²) in [7, 11) is 0. The van der Waals surface area contributed by atoms with Crippen LogP contribution in [0.4, 0.5) is 17.6 Å². The Labute approximate surface area is 130 Å². The van der Waals surface area contributed by atoms with Crippen LogP contribution in [0.25, 0.3) is 0 Å². The molecule has 9 heteroatoms. The van der Waals surface area contributed by atoms with Gasteiger partial charge in [-0.3, -0.25) is 4.79 Å². The molecular formula is C12H7BrClF4NO2. The van der Waals surface area contributed by atoms with E-state index in [1.165, 1.54) is 12.1 Å². The summed E-state index contributed by atoms with van der Waals surface area (Å²) in [4.78, 5) is 15.9. The Morgan fingerprint density at radius 2 is 1.90 bits per heavy atom. The molecule has 0 spiro atoms. The van der Waals surface area contributed by atoms with E-state index in [4.69, 9.17) is 11.6 Å². The van der Waals surface area contributed by atoms with Gasteiger partial charge in [-0.05, 0) is 17.7 Å². The number of carbonyl (C=O) groups is 1. The van der Waals surface area contributed by atoms with Crippen molar-refractivity contribution in [2.75, 3.05) is 5.33 Å². The number of Topliss-reactive ketones (excluding diaryl/α,β-unsaturated/α-hetero) is 1. The normalized spacial score (nSPS) is 22.4. The predicted octanol–water partition coefficient (Wildman–Crippen LogP) is 3.78. The molecule has 0 saturated heterocycles. The number of nitrogens with one attached hydrogen (secondary N) is 1. The minimum absolute atomic E-state index is 0.191. The average molecular weight is 389 g/mol. The molecule has 1 atom stereocenters. The van der Waals surface area contributed by atoms with Crippen LogP contribution in [0.3, 0.4) is 0 Å². The largest absolute Gasteiger partial charge is 0.420 e. The standard InChI is InChI=1S/C12H7BrClF4NO2/c13-5-8(20)9-10(15)11(19-21-9,12(16,17)18)6-1-3-7(14)4-2-6/h1-4,19H,5H2. The molecule has 0 fully saturated rings. The van der Waals surface area contributed by atoms with Crippen molar-refractivity contribution in [1.82, 2.24) is 5.48 Å². The Kier molecular flexibility index (Phi) is 4.32. The molecule has 3 nitrogen and oxygen atoms in total. The number of allylic oxidation sites excluding steroid dienone is 1. The van der Waals surface area contributed by atoms with Crippen molar-refractivity contribution in [2.45, 2.75) is 11.7 Å². The highest BCUT2D eigenvalue weighted by molar-refractivity contribution is 9.09. The Morgan fingerprint density at radius 3 is 2.38 bits per heavy atom. The SMILES string of the molecule is O=C(CBr)C1=C(F)C(c2ccc(Cl)cc2)(C(F)(F)F)NO1. The summed E-state index contributed by atoms with van der Waals surface area (Å²) in [6, 6.07) is 4.38. The van der Waals surface area contributed by atoms with Crippen LogP contribution >= 0.6 is 27.5 Å². The quantitative estimate of drug-likeness (QED) is 0.633. The zero-order chi connectivity index (χ0) is 15.8. The summed E-state index contributed by atoms with van der Waals surface area (Å²) in [6.45, 7) is 0. The first-order valence-electron chi connectivity index (χ1n) is 5.50. The minimum atomic E-state index is -5.07. The van der Waals surface area contributed by atoms with Crippen LogP contribution in [0.1, 0.15) is 5.56 Å². The van der Waals surface area contributed by atoms with Gasteiger partial charge in [-0.25, -0.2) is 4.39 Å². The van der Waals surface area contributed by atoms with Crippen LogP contribution in [0.5, 0.6) is 0 Å². The second-order valence-corrected chi connectivity index (χ2v) is 5.16. The Balaban J connectivity index is 2.64. The van der Waals surface area contributed by atoms with Crippen molar-refractivity contribution in [3.8, 4) is 0 Å². The van der Waals surface area contributed by atoms with Crippen LogP contribution in [-0.2, 0) is 15.2 Å². The summed E-state index contributed by atoms with van der Waals surface area (Å²) in [6.07, 6.45) is -5.07. The molecule has 21 heavy (non-hydrogen) atoms. The number of hydrogen-bond acceptors (Lipinski definition) is 3. The summed E-state index contributed by atoms with van der Waals surface area (Å²) in [5.74, 6) is -3.68. The van der Waals surface area contributed by atoms with Crippen molar-refractivity contribution in [3.05, 3.63) is 46.4 Å². The number of carbonyl (C=O) groups excluding carboxylic acids is 1. The van der Waals surface area contributed by atoms with Crippen LogP contribution in [-0.4, -0.2) is 17.3 Å². The highest BCUT2D eigenvalue weighted by Crippen LogP contribution is 2.49. The van der Waals surface area contributed by atoms with E-state index in [0.29, 0.717) is 0 Å². The lowest BCUT2D eigenvalue weighted by Gasteiger charge is -2.29. The fourth-order valence-corrected chi connectivity index (χ4v) is 2.24. The molecule has 1 unspecified atom stereocenters. The average Bonchev–Trinajstić information content (AvgIpc) is 2.77. The fourth-order valence-electron chi connectivity index (χ4n) is 1.86. The Hall–Kier alpha value is -1.12. The first kappa shape index (κ1) is 16.3. The highest BCUT2D eigenvalue weighted by Gasteiger charge is 2.65. The number of halogens is 6. The molecular weight excluding hydrogens is 381 g/mol. The maximum atomic E-state index is 14.3. The van der Waals surface area contributed by atoms with E-state index >= 15 is 0 Å². The summed E-state index contributed by atoms with van der Waals surface area (Å²) >= 11 is 8.37. The van der Waals surface area contributed by atoms with Gasteiger partial charge in [0.05, 0.1) is 5.33 Å². The minimum Gasteiger partial charge on any atom is -0.400 e. The molecule has 0 radical (unpaired) electrons. The second kappa shape index (κ2) is 5.58. The van der Waals surface area contributed by atoms with Gasteiger partial charge in [-0.2, -0.15) is 13.2 Å². The Morgan fingerprint density at radius 1 is 1.33 bits per heavy atom. The van der Waals surface area contributed by atoms with E-state index in [-0.39, 0.29) is 10.4 Å². The van der Waals surface area contributed by atoms with E-state index in [9.17, 15) is 22.4 Å². The third-order valence-corrected chi connectivity index (χ3v) is 3.67. The molecule has 114 valence electrons. The van der Waals surface area contributed by atoms with Gasteiger partial charge < -0.3 is 4.84 Å². The molecule has 1 aromatic carbocycles. The molecule has 1 heterocycles. The van der Waals surface area contributed by atoms with Crippen molar-refractivity contribution >= 4 is 33.3 Å². The van der Waals surface area contributed by atoms with Crippen LogP contribution < -0.4 is 5.48 Å². The molecule has 0 bridgehead atoms. The fraction of sp³-hybridized carbons (Fsp3) is 0.250. The van der Waals surface area contributed by atoms with Gasteiger partial charge in [0.15, 0.2) is 5.83 Å². The molecule has 0 aromatic heterocycles. The van der Waals surface area contributed by atoms with Crippen molar-refractivity contribution < 1.29 is 27.2 Å². The lowest BCUT2D eigenvalue weighted by atomic mass is 9.88. The van der Waals surface area contributed by atoms with Gasteiger partial charge in [0.1, 0.15) is 0 Å². The predicted molar refractivity (Wildman–Crippen MR) is 70.3 cm³/mol. The van der Waals surface area contributed by atoms with Gasteiger partial charge in [-0.1, -0.05) is 39.7 Å². The monoisotopic (exact) mass is 387 g/mol. The summed E-state index contributed by atoms with van der Waals surface area (Å²) < 4.78 is 54.6. The Bertz CT molecular complexity index is 602. The van der Waals surface area contributed by atoms with Crippen LogP contribution in [0.15, 0.2) is 35.9 Å². The van der Waals surface area contributed by atoms with Gasteiger partial charge >= 0.3 is 6.18 Å². The zero-order valence-electron chi connectivity index (χ0n) is 10.1. The lowest BCUT2D eigenvalue weighted by Crippen LogP contribution is -2.51. The van der Waals surface area contributed by atoms with E-state index in [1.54, 1.807) is 5.48 Å². The first-order valence-corrected chi connectivity index (χ1v) is 7.00. The molecule has 0 amide bonds. The summed E-state index contributed by atoms with van der Waals surface area (Å²) in [5, 5.41) is -0.178. The van der Waals surface area contributed by atoms with E-state index in [1.807, 2.05) is 0 Å². The molecule has 2 rings (SSSR count). The maximum absolute atomic E-state index is 14.3. The van der Waals surface area contributed by atoms with E-state index in [0.717, 1.165) is 12.1 Å². The molecule has 1 aliphatic rings. The smallest absolute Gasteiger partial charge is 0.400 e. The topological polar surface area (TPSA) is 38.3 Å². The van der Waals surface area contributed by atoms with Crippen molar-refractivity contribution in [3.63, 3.8) is 0 Å². The maximum Gasteiger partial charge on any atom is 0.420 e. The lowest BCUT2D eigenvalue weighted by molar-refractivity contribution is -0.209. The zero-order valence-corrected chi connectivity index (χ0v) is 12.4. The molecule has 1 N–H and O–H groups in total. The molecule has 1 aliphatic heterocycles. The number of alkyl halides is 4.